The second kappa shape index (κ2) is 7.81. The van der Waals surface area contributed by atoms with Crippen LogP contribution in [-0.4, -0.2) is 58.5 Å². The van der Waals surface area contributed by atoms with Gasteiger partial charge in [-0.25, -0.2) is 9.97 Å². The van der Waals surface area contributed by atoms with Gasteiger partial charge in [-0.2, -0.15) is 11.8 Å². The van der Waals surface area contributed by atoms with E-state index in [9.17, 15) is 4.79 Å². The summed E-state index contributed by atoms with van der Waals surface area (Å²) >= 11 is 1.82. The number of hydrogen-bond acceptors (Lipinski definition) is 5. The van der Waals surface area contributed by atoms with Crippen LogP contribution < -0.4 is 4.90 Å². The third-order valence-electron chi connectivity index (χ3n) is 4.52. The molecule has 1 aromatic heterocycles. The molecule has 0 atom stereocenters. The fraction of sp³-hybridized carbons (Fsp3) is 0.688. The van der Waals surface area contributed by atoms with Crippen molar-refractivity contribution >= 4 is 23.6 Å². The molecule has 6 heteroatoms. The number of rotatable bonds is 5. The Morgan fingerprint density at radius 3 is 2.50 bits per heavy atom. The fourth-order valence-corrected chi connectivity index (χ4v) is 4.33. The van der Waals surface area contributed by atoms with Crippen molar-refractivity contribution in [1.29, 1.82) is 0 Å². The molecule has 1 aromatic rings. The van der Waals surface area contributed by atoms with Crippen molar-refractivity contribution in [2.75, 3.05) is 42.6 Å². The van der Waals surface area contributed by atoms with E-state index in [4.69, 9.17) is 0 Å². The molecule has 1 saturated heterocycles. The molecule has 5 nitrogen and oxygen atoms in total. The molecule has 1 aliphatic carbocycles. The summed E-state index contributed by atoms with van der Waals surface area (Å²) < 4.78 is 0. The van der Waals surface area contributed by atoms with Crippen LogP contribution in [0, 0.1) is 5.92 Å². The topological polar surface area (TPSA) is 49.3 Å². The maximum absolute atomic E-state index is 12.3. The summed E-state index contributed by atoms with van der Waals surface area (Å²) in [6.07, 6.45) is 9.00. The van der Waals surface area contributed by atoms with Crippen molar-refractivity contribution in [2.24, 2.45) is 5.92 Å². The molecule has 0 aromatic carbocycles. The number of hydrogen-bond donors (Lipinski definition) is 0. The summed E-state index contributed by atoms with van der Waals surface area (Å²) in [5.74, 6) is 3.70. The van der Waals surface area contributed by atoms with Crippen LogP contribution in [0.5, 0.6) is 0 Å². The highest BCUT2D eigenvalue weighted by Crippen LogP contribution is 2.27. The van der Waals surface area contributed by atoms with Crippen LogP contribution in [0.3, 0.4) is 0 Å². The first-order chi connectivity index (χ1) is 10.8. The van der Waals surface area contributed by atoms with Crippen LogP contribution in [0.4, 0.5) is 5.95 Å². The van der Waals surface area contributed by atoms with Crippen molar-refractivity contribution in [3.63, 3.8) is 0 Å². The first-order valence-corrected chi connectivity index (χ1v) is 9.36. The second-order valence-corrected chi connectivity index (χ2v) is 7.11. The first-order valence-electron chi connectivity index (χ1n) is 8.20. The lowest BCUT2D eigenvalue weighted by Crippen LogP contribution is -2.49. The summed E-state index contributed by atoms with van der Waals surface area (Å²) in [6.45, 7) is 3.20. The lowest BCUT2D eigenvalue weighted by molar-refractivity contribution is -0.128. The van der Waals surface area contributed by atoms with Crippen LogP contribution in [0.2, 0.25) is 0 Å². The van der Waals surface area contributed by atoms with Gasteiger partial charge in [-0.05, 0) is 30.6 Å². The molecule has 0 N–H and O–H groups in total. The number of amides is 1. The number of nitrogens with zero attached hydrogens (tertiary/aromatic N) is 4. The largest absolute Gasteiger partial charge is 0.338 e. The zero-order chi connectivity index (χ0) is 15.2. The molecule has 120 valence electrons. The number of aromatic nitrogens is 2. The molecule has 1 saturated carbocycles. The Labute approximate surface area is 136 Å². The maximum Gasteiger partial charge on any atom is 0.232 e. The van der Waals surface area contributed by atoms with Crippen molar-refractivity contribution in [2.45, 2.75) is 25.7 Å². The quantitative estimate of drug-likeness (QED) is 0.831. The standard InChI is InChI=1S/C16H24N4OS/c21-15(13-22-12-14-4-1-2-5-14)19-8-10-20(11-9-19)16-17-6-3-7-18-16/h3,6-7,14H,1-2,4-5,8-13H2. The summed E-state index contributed by atoms with van der Waals surface area (Å²) in [4.78, 5) is 25.0. The average Bonchev–Trinajstić information content (AvgIpc) is 3.09. The van der Waals surface area contributed by atoms with Gasteiger partial charge in [0.25, 0.3) is 0 Å². The minimum Gasteiger partial charge on any atom is -0.338 e. The first kappa shape index (κ1) is 15.6. The summed E-state index contributed by atoms with van der Waals surface area (Å²) in [7, 11) is 0. The molecule has 2 fully saturated rings. The van der Waals surface area contributed by atoms with E-state index in [1.165, 1.54) is 25.7 Å². The van der Waals surface area contributed by atoms with Gasteiger partial charge in [-0.3, -0.25) is 4.79 Å². The van der Waals surface area contributed by atoms with Crippen LogP contribution in [0.15, 0.2) is 18.5 Å². The monoisotopic (exact) mass is 320 g/mol. The van der Waals surface area contributed by atoms with Crippen molar-refractivity contribution in [3.8, 4) is 0 Å². The molecule has 22 heavy (non-hydrogen) atoms. The van der Waals surface area contributed by atoms with Gasteiger partial charge in [0.2, 0.25) is 11.9 Å². The Kier molecular flexibility index (Phi) is 5.53. The Morgan fingerprint density at radius 2 is 1.82 bits per heavy atom. The van der Waals surface area contributed by atoms with E-state index in [2.05, 4.69) is 14.9 Å². The SMILES string of the molecule is O=C(CSCC1CCCC1)N1CCN(c2ncccn2)CC1. The van der Waals surface area contributed by atoms with E-state index in [-0.39, 0.29) is 5.91 Å². The highest BCUT2D eigenvalue weighted by atomic mass is 32.2. The van der Waals surface area contributed by atoms with Crippen LogP contribution in [0.25, 0.3) is 0 Å². The second-order valence-electron chi connectivity index (χ2n) is 6.08. The Balaban J connectivity index is 1.38. The van der Waals surface area contributed by atoms with Crippen molar-refractivity contribution in [1.82, 2.24) is 14.9 Å². The third kappa shape index (κ3) is 4.12. The number of piperazine rings is 1. The van der Waals surface area contributed by atoms with Crippen molar-refractivity contribution < 1.29 is 4.79 Å². The molecule has 1 amide bonds. The van der Waals surface area contributed by atoms with E-state index < -0.39 is 0 Å². The molecular weight excluding hydrogens is 296 g/mol. The fourth-order valence-electron chi connectivity index (χ4n) is 3.19. The predicted octanol–water partition coefficient (Wildman–Crippen LogP) is 2.05. The van der Waals surface area contributed by atoms with Gasteiger partial charge in [-0.15, -0.1) is 0 Å². The molecular formula is C16H24N4OS. The predicted molar refractivity (Wildman–Crippen MR) is 90.1 cm³/mol. The summed E-state index contributed by atoms with van der Waals surface area (Å²) in [5.41, 5.74) is 0. The normalized spacial score (nSPS) is 19.6. The van der Waals surface area contributed by atoms with Crippen molar-refractivity contribution in [3.05, 3.63) is 18.5 Å². The molecule has 2 heterocycles. The van der Waals surface area contributed by atoms with E-state index >= 15 is 0 Å². The van der Waals surface area contributed by atoms with Gasteiger partial charge in [0.15, 0.2) is 0 Å². The van der Waals surface area contributed by atoms with E-state index in [0.717, 1.165) is 43.8 Å². The van der Waals surface area contributed by atoms with Crippen LogP contribution in [0.1, 0.15) is 25.7 Å². The van der Waals surface area contributed by atoms with Gasteiger partial charge in [0.05, 0.1) is 5.75 Å². The van der Waals surface area contributed by atoms with E-state index in [1.807, 2.05) is 22.7 Å². The number of carbonyl (C=O) groups excluding carboxylic acids is 1. The Bertz CT molecular complexity index is 470. The van der Waals surface area contributed by atoms with Gasteiger partial charge in [0.1, 0.15) is 0 Å². The third-order valence-corrected chi connectivity index (χ3v) is 5.68. The molecule has 1 aliphatic heterocycles. The molecule has 0 unspecified atom stereocenters. The Morgan fingerprint density at radius 1 is 1.14 bits per heavy atom. The van der Waals surface area contributed by atoms with Gasteiger partial charge < -0.3 is 9.80 Å². The summed E-state index contributed by atoms with van der Waals surface area (Å²) in [6, 6.07) is 1.82. The number of thioether (sulfide) groups is 1. The summed E-state index contributed by atoms with van der Waals surface area (Å²) in [5, 5.41) is 0. The average molecular weight is 320 g/mol. The Hall–Kier alpha value is -1.30. The minimum atomic E-state index is 0.289. The highest BCUT2D eigenvalue weighted by molar-refractivity contribution is 7.99. The van der Waals surface area contributed by atoms with Crippen LogP contribution >= 0.6 is 11.8 Å². The lowest BCUT2D eigenvalue weighted by atomic mass is 10.1. The smallest absolute Gasteiger partial charge is 0.232 e. The molecule has 2 aliphatic rings. The zero-order valence-corrected chi connectivity index (χ0v) is 13.8. The highest BCUT2D eigenvalue weighted by Gasteiger charge is 2.23. The van der Waals surface area contributed by atoms with Gasteiger partial charge in [0, 0.05) is 38.6 Å². The van der Waals surface area contributed by atoms with E-state index in [1.54, 1.807) is 12.4 Å². The number of carbonyl (C=O) groups is 1. The molecule has 0 radical (unpaired) electrons. The lowest BCUT2D eigenvalue weighted by Gasteiger charge is -2.34. The number of anilines is 1. The molecule has 0 spiro atoms. The van der Waals surface area contributed by atoms with E-state index in [0.29, 0.717) is 5.75 Å². The molecule has 3 rings (SSSR count). The van der Waals surface area contributed by atoms with Gasteiger partial charge >= 0.3 is 0 Å². The maximum atomic E-state index is 12.3. The minimum absolute atomic E-state index is 0.289. The molecule has 0 bridgehead atoms. The van der Waals surface area contributed by atoms with Gasteiger partial charge in [-0.1, -0.05) is 12.8 Å². The van der Waals surface area contributed by atoms with Crippen LogP contribution in [-0.2, 0) is 4.79 Å². The zero-order valence-electron chi connectivity index (χ0n) is 13.0.